The molecule has 0 aromatic heterocycles. The predicted molar refractivity (Wildman–Crippen MR) is 106 cm³/mol. The fraction of sp³-hybridized carbons (Fsp3) is 0.316. The van der Waals surface area contributed by atoms with Gasteiger partial charge in [0.25, 0.3) is 0 Å². The first kappa shape index (κ1) is 19.9. The Balaban J connectivity index is 1.62. The molecule has 0 aliphatic carbocycles. The van der Waals surface area contributed by atoms with Gasteiger partial charge in [-0.3, -0.25) is 4.79 Å². The SMILES string of the molecule is C[C@@H](Sc1ccccc1)C(=O)Nc1ccc(S(=O)(=O)N2CCOCC2)cc1. The lowest BCUT2D eigenvalue weighted by molar-refractivity contribution is -0.115. The van der Waals surface area contributed by atoms with E-state index in [-0.39, 0.29) is 16.1 Å². The minimum absolute atomic E-state index is 0.132. The van der Waals surface area contributed by atoms with Gasteiger partial charge in [0.05, 0.1) is 23.4 Å². The summed E-state index contributed by atoms with van der Waals surface area (Å²) in [5.41, 5.74) is 0.571. The third-order valence-corrected chi connectivity index (χ3v) is 7.18. The molecule has 1 aliphatic rings. The summed E-state index contributed by atoms with van der Waals surface area (Å²) in [6, 6.07) is 16.0. The van der Waals surface area contributed by atoms with Crippen LogP contribution in [-0.2, 0) is 19.6 Å². The van der Waals surface area contributed by atoms with E-state index in [0.29, 0.717) is 32.0 Å². The molecule has 1 atom stereocenters. The highest BCUT2D eigenvalue weighted by atomic mass is 32.2. The van der Waals surface area contributed by atoms with Gasteiger partial charge in [-0.05, 0) is 43.3 Å². The van der Waals surface area contributed by atoms with Crippen LogP contribution in [0.3, 0.4) is 0 Å². The van der Waals surface area contributed by atoms with Crippen molar-refractivity contribution in [3.05, 3.63) is 54.6 Å². The Labute approximate surface area is 164 Å². The third-order valence-electron chi connectivity index (χ3n) is 4.15. The molecule has 3 rings (SSSR count). The first-order valence-electron chi connectivity index (χ1n) is 8.67. The van der Waals surface area contributed by atoms with Gasteiger partial charge < -0.3 is 10.1 Å². The van der Waals surface area contributed by atoms with Crippen LogP contribution in [0.1, 0.15) is 6.92 Å². The predicted octanol–water partition coefficient (Wildman–Crippen LogP) is 2.83. The highest BCUT2D eigenvalue weighted by Gasteiger charge is 2.26. The van der Waals surface area contributed by atoms with Gasteiger partial charge in [0, 0.05) is 23.7 Å². The molecule has 1 N–H and O–H groups in total. The second kappa shape index (κ2) is 8.88. The maximum Gasteiger partial charge on any atom is 0.243 e. The van der Waals surface area contributed by atoms with Crippen LogP contribution < -0.4 is 5.32 Å². The van der Waals surface area contributed by atoms with Crippen molar-refractivity contribution < 1.29 is 17.9 Å². The van der Waals surface area contributed by atoms with E-state index in [9.17, 15) is 13.2 Å². The second-order valence-corrected chi connectivity index (χ2v) is 9.46. The number of benzene rings is 2. The van der Waals surface area contributed by atoms with E-state index >= 15 is 0 Å². The lowest BCUT2D eigenvalue weighted by Gasteiger charge is -2.26. The molecule has 1 amide bonds. The molecule has 2 aromatic rings. The number of nitrogens with zero attached hydrogens (tertiary/aromatic N) is 1. The Bertz CT molecular complexity index is 864. The van der Waals surface area contributed by atoms with E-state index in [2.05, 4.69) is 5.32 Å². The lowest BCUT2D eigenvalue weighted by atomic mass is 10.3. The van der Waals surface area contributed by atoms with Crippen LogP contribution in [0.4, 0.5) is 5.69 Å². The molecule has 0 unspecified atom stereocenters. The number of hydrogen-bond donors (Lipinski definition) is 1. The highest BCUT2D eigenvalue weighted by molar-refractivity contribution is 8.00. The summed E-state index contributed by atoms with van der Waals surface area (Å²) < 4.78 is 31.8. The molecular weight excluding hydrogens is 384 g/mol. The molecule has 1 aliphatic heterocycles. The van der Waals surface area contributed by atoms with E-state index in [1.54, 1.807) is 12.1 Å². The van der Waals surface area contributed by atoms with Crippen LogP contribution >= 0.6 is 11.8 Å². The number of amides is 1. The Kier molecular flexibility index (Phi) is 6.54. The van der Waals surface area contributed by atoms with Gasteiger partial charge in [0.15, 0.2) is 0 Å². The van der Waals surface area contributed by atoms with Crippen LogP contribution in [0.2, 0.25) is 0 Å². The Morgan fingerprint density at radius 2 is 1.70 bits per heavy atom. The quantitative estimate of drug-likeness (QED) is 0.747. The van der Waals surface area contributed by atoms with Crippen LogP contribution in [0, 0.1) is 0 Å². The number of sulfonamides is 1. The molecule has 2 aromatic carbocycles. The fourth-order valence-corrected chi connectivity index (χ4v) is 4.94. The Morgan fingerprint density at radius 1 is 1.07 bits per heavy atom. The summed E-state index contributed by atoms with van der Waals surface area (Å²) in [6.45, 7) is 3.36. The first-order valence-corrected chi connectivity index (χ1v) is 11.0. The molecular formula is C19H22N2O4S2. The van der Waals surface area contributed by atoms with Gasteiger partial charge in [-0.15, -0.1) is 11.8 Å². The van der Waals surface area contributed by atoms with E-state index in [0.717, 1.165) is 4.90 Å². The van der Waals surface area contributed by atoms with E-state index in [1.807, 2.05) is 37.3 Å². The Hall–Kier alpha value is -1.87. The summed E-state index contributed by atoms with van der Waals surface area (Å²) in [6.07, 6.45) is 0. The topological polar surface area (TPSA) is 75.7 Å². The maximum atomic E-state index is 12.6. The molecule has 0 saturated carbocycles. The number of ether oxygens (including phenoxy) is 1. The maximum absolute atomic E-state index is 12.6. The number of nitrogens with one attached hydrogen (secondary N) is 1. The van der Waals surface area contributed by atoms with Crippen LogP contribution in [0.15, 0.2) is 64.4 Å². The standard InChI is InChI=1S/C19H22N2O4S2/c1-15(26-17-5-3-2-4-6-17)19(22)20-16-7-9-18(10-8-16)27(23,24)21-11-13-25-14-12-21/h2-10,15H,11-14H2,1H3,(H,20,22)/t15-/m1/s1. The van der Waals surface area contributed by atoms with Crippen molar-refractivity contribution in [2.75, 3.05) is 31.6 Å². The van der Waals surface area contributed by atoms with Crippen LogP contribution in [0.25, 0.3) is 0 Å². The number of carbonyl (C=O) groups is 1. The number of rotatable bonds is 6. The third kappa shape index (κ3) is 5.10. The summed E-state index contributed by atoms with van der Waals surface area (Å²) in [7, 11) is -3.53. The molecule has 0 bridgehead atoms. The molecule has 8 heteroatoms. The molecule has 0 radical (unpaired) electrons. The zero-order valence-corrected chi connectivity index (χ0v) is 16.6. The molecule has 144 valence electrons. The van der Waals surface area contributed by atoms with Crippen molar-refractivity contribution in [3.63, 3.8) is 0 Å². The minimum Gasteiger partial charge on any atom is -0.379 e. The zero-order chi connectivity index (χ0) is 19.3. The van der Waals surface area contributed by atoms with Crippen molar-refractivity contribution in [3.8, 4) is 0 Å². The van der Waals surface area contributed by atoms with Gasteiger partial charge >= 0.3 is 0 Å². The molecule has 1 saturated heterocycles. The fourth-order valence-electron chi connectivity index (χ4n) is 2.65. The van der Waals surface area contributed by atoms with Crippen LogP contribution in [-0.4, -0.2) is 50.2 Å². The van der Waals surface area contributed by atoms with Gasteiger partial charge in [-0.25, -0.2) is 8.42 Å². The van der Waals surface area contributed by atoms with Gasteiger partial charge in [-0.2, -0.15) is 4.31 Å². The van der Waals surface area contributed by atoms with Gasteiger partial charge in [0.2, 0.25) is 15.9 Å². The molecule has 0 spiro atoms. The number of carbonyl (C=O) groups excluding carboxylic acids is 1. The summed E-state index contributed by atoms with van der Waals surface area (Å²) in [4.78, 5) is 13.6. The lowest BCUT2D eigenvalue weighted by Crippen LogP contribution is -2.40. The molecule has 1 heterocycles. The number of hydrogen-bond acceptors (Lipinski definition) is 5. The van der Waals surface area contributed by atoms with E-state index in [4.69, 9.17) is 4.74 Å². The van der Waals surface area contributed by atoms with Crippen LogP contribution in [0.5, 0.6) is 0 Å². The molecule has 1 fully saturated rings. The van der Waals surface area contributed by atoms with Gasteiger partial charge in [-0.1, -0.05) is 18.2 Å². The van der Waals surface area contributed by atoms with Crippen molar-refractivity contribution in [1.82, 2.24) is 4.31 Å². The number of morpholine rings is 1. The smallest absolute Gasteiger partial charge is 0.243 e. The van der Waals surface area contributed by atoms with E-state index < -0.39 is 10.0 Å². The number of anilines is 1. The zero-order valence-electron chi connectivity index (χ0n) is 15.0. The average Bonchev–Trinajstić information content (AvgIpc) is 2.70. The monoisotopic (exact) mass is 406 g/mol. The van der Waals surface area contributed by atoms with Crippen molar-refractivity contribution in [2.45, 2.75) is 22.0 Å². The average molecular weight is 407 g/mol. The highest BCUT2D eigenvalue weighted by Crippen LogP contribution is 2.24. The van der Waals surface area contributed by atoms with Crippen molar-refractivity contribution in [2.24, 2.45) is 0 Å². The summed E-state index contributed by atoms with van der Waals surface area (Å²) >= 11 is 1.47. The molecule has 27 heavy (non-hydrogen) atoms. The van der Waals surface area contributed by atoms with Gasteiger partial charge in [0.1, 0.15) is 0 Å². The van der Waals surface area contributed by atoms with E-state index in [1.165, 1.54) is 28.2 Å². The largest absolute Gasteiger partial charge is 0.379 e. The second-order valence-electron chi connectivity index (χ2n) is 6.10. The Morgan fingerprint density at radius 3 is 2.33 bits per heavy atom. The number of thioether (sulfide) groups is 1. The summed E-state index contributed by atoms with van der Waals surface area (Å²) in [5.74, 6) is -0.132. The minimum atomic E-state index is -3.53. The van der Waals surface area contributed by atoms with Crippen molar-refractivity contribution >= 4 is 33.4 Å². The normalized spacial score (nSPS) is 16.6. The van der Waals surface area contributed by atoms with Crippen molar-refractivity contribution in [1.29, 1.82) is 0 Å². The first-order chi connectivity index (χ1) is 13.0. The summed E-state index contributed by atoms with van der Waals surface area (Å²) in [5, 5.41) is 2.56. The molecule has 6 nitrogen and oxygen atoms in total.